The highest BCUT2D eigenvalue weighted by atomic mass is 16.5. The third-order valence-electron chi connectivity index (χ3n) is 6.12. The highest BCUT2D eigenvalue weighted by Gasteiger charge is 2.47. The molecule has 32 heavy (non-hydrogen) atoms. The Bertz CT molecular complexity index is 996. The van der Waals surface area contributed by atoms with Crippen LogP contribution in [0.1, 0.15) is 32.1 Å². The summed E-state index contributed by atoms with van der Waals surface area (Å²) in [4.78, 5) is 50.6. The molecule has 0 spiro atoms. The van der Waals surface area contributed by atoms with Gasteiger partial charge in [0, 0.05) is 17.8 Å². The van der Waals surface area contributed by atoms with Crippen LogP contribution < -0.4 is 5.32 Å². The van der Waals surface area contributed by atoms with Crippen LogP contribution in [0.5, 0.6) is 0 Å². The molecule has 1 N–H and O–H groups in total. The number of benzene rings is 2. The molecule has 7 nitrogen and oxygen atoms in total. The third kappa shape index (κ3) is 4.72. The second kappa shape index (κ2) is 9.77. The maximum atomic E-state index is 12.5. The van der Waals surface area contributed by atoms with Crippen LogP contribution in [-0.4, -0.2) is 41.7 Å². The lowest BCUT2D eigenvalue weighted by molar-refractivity contribution is -0.148. The topological polar surface area (TPSA) is 92.8 Å². The minimum atomic E-state index is -0.619. The number of para-hydroxylation sites is 1. The molecule has 1 saturated heterocycles. The number of ether oxygens (including phenoxy) is 1. The molecular formula is C25H26N2O5. The van der Waals surface area contributed by atoms with Gasteiger partial charge in [-0.3, -0.25) is 24.1 Å². The van der Waals surface area contributed by atoms with Crippen LogP contribution in [0.25, 0.3) is 11.1 Å². The molecule has 0 unspecified atom stereocenters. The molecule has 4 rings (SSSR count). The van der Waals surface area contributed by atoms with E-state index in [1.807, 2.05) is 48.5 Å². The van der Waals surface area contributed by atoms with Crippen molar-refractivity contribution in [1.82, 2.24) is 4.90 Å². The number of imide groups is 1. The molecule has 166 valence electrons. The lowest BCUT2D eigenvalue weighted by Gasteiger charge is -2.19. The van der Waals surface area contributed by atoms with Crippen LogP contribution in [0.15, 0.2) is 54.6 Å². The van der Waals surface area contributed by atoms with Gasteiger partial charge in [0.1, 0.15) is 0 Å². The molecule has 1 saturated carbocycles. The van der Waals surface area contributed by atoms with E-state index in [1.165, 1.54) is 4.90 Å². The molecule has 2 aromatic rings. The maximum Gasteiger partial charge on any atom is 0.308 e. The monoisotopic (exact) mass is 434 g/mol. The van der Waals surface area contributed by atoms with Gasteiger partial charge >= 0.3 is 5.97 Å². The summed E-state index contributed by atoms with van der Waals surface area (Å²) < 4.78 is 5.07. The number of carbonyl (C=O) groups is 4. The number of likely N-dealkylation sites (tertiary alicyclic amines) is 1. The van der Waals surface area contributed by atoms with E-state index >= 15 is 0 Å². The first-order valence-electron chi connectivity index (χ1n) is 11.0. The summed E-state index contributed by atoms with van der Waals surface area (Å²) in [7, 11) is 0. The molecule has 1 heterocycles. The lowest BCUT2D eigenvalue weighted by Crippen LogP contribution is -2.33. The van der Waals surface area contributed by atoms with Gasteiger partial charge in [0.2, 0.25) is 11.8 Å². The van der Waals surface area contributed by atoms with Crippen molar-refractivity contribution in [3.63, 3.8) is 0 Å². The largest absolute Gasteiger partial charge is 0.456 e. The van der Waals surface area contributed by atoms with Gasteiger partial charge in [0.15, 0.2) is 6.61 Å². The number of fused-ring (bicyclic) bond motifs is 1. The van der Waals surface area contributed by atoms with Gasteiger partial charge in [-0.05, 0) is 24.5 Å². The number of anilines is 1. The van der Waals surface area contributed by atoms with Crippen LogP contribution in [0.3, 0.4) is 0 Å². The smallest absolute Gasteiger partial charge is 0.308 e. The zero-order valence-corrected chi connectivity index (χ0v) is 17.8. The van der Waals surface area contributed by atoms with E-state index < -0.39 is 18.5 Å². The van der Waals surface area contributed by atoms with Crippen molar-refractivity contribution in [2.45, 2.75) is 32.1 Å². The van der Waals surface area contributed by atoms with Gasteiger partial charge < -0.3 is 10.1 Å². The SMILES string of the molecule is O=C(COC(=O)CCN1C(=O)[C@H]2CCCC[C@@H]2C1=O)Nc1ccccc1-c1ccccc1. The van der Waals surface area contributed by atoms with E-state index in [4.69, 9.17) is 4.74 Å². The summed E-state index contributed by atoms with van der Waals surface area (Å²) in [5.41, 5.74) is 2.44. The first-order chi connectivity index (χ1) is 15.5. The van der Waals surface area contributed by atoms with Crippen molar-refractivity contribution in [2.24, 2.45) is 11.8 Å². The predicted octanol–water partition coefficient (Wildman–Crippen LogP) is 3.40. The molecule has 0 bridgehead atoms. The van der Waals surface area contributed by atoms with Gasteiger partial charge in [-0.15, -0.1) is 0 Å². The van der Waals surface area contributed by atoms with Gasteiger partial charge in [0.25, 0.3) is 5.91 Å². The average molecular weight is 434 g/mol. The van der Waals surface area contributed by atoms with Crippen molar-refractivity contribution in [2.75, 3.05) is 18.5 Å². The Hall–Kier alpha value is -3.48. The zero-order chi connectivity index (χ0) is 22.5. The molecule has 1 aliphatic carbocycles. The van der Waals surface area contributed by atoms with Gasteiger partial charge in [-0.1, -0.05) is 61.4 Å². The molecular weight excluding hydrogens is 408 g/mol. The minimum absolute atomic E-state index is 0.00194. The van der Waals surface area contributed by atoms with Crippen molar-refractivity contribution in [3.05, 3.63) is 54.6 Å². The van der Waals surface area contributed by atoms with E-state index in [0.29, 0.717) is 5.69 Å². The molecule has 1 aliphatic heterocycles. The van der Waals surface area contributed by atoms with Crippen LogP contribution in [-0.2, 0) is 23.9 Å². The van der Waals surface area contributed by atoms with Gasteiger partial charge in [-0.2, -0.15) is 0 Å². The number of hydrogen-bond acceptors (Lipinski definition) is 5. The predicted molar refractivity (Wildman–Crippen MR) is 118 cm³/mol. The summed E-state index contributed by atoms with van der Waals surface area (Å²) in [5, 5.41) is 2.77. The van der Waals surface area contributed by atoms with Crippen LogP contribution in [0.4, 0.5) is 5.69 Å². The van der Waals surface area contributed by atoms with Crippen LogP contribution in [0.2, 0.25) is 0 Å². The van der Waals surface area contributed by atoms with E-state index in [9.17, 15) is 19.2 Å². The summed E-state index contributed by atoms with van der Waals surface area (Å²) >= 11 is 0. The summed E-state index contributed by atoms with van der Waals surface area (Å²) in [6.07, 6.45) is 3.27. The molecule has 0 aromatic heterocycles. The van der Waals surface area contributed by atoms with E-state index in [-0.39, 0.29) is 36.6 Å². The summed E-state index contributed by atoms with van der Waals surface area (Å²) in [6.45, 7) is -0.433. The Morgan fingerprint density at radius 3 is 2.22 bits per heavy atom. The number of nitrogens with zero attached hydrogens (tertiary/aromatic N) is 1. The van der Waals surface area contributed by atoms with Crippen LogP contribution in [0, 0.1) is 11.8 Å². The van der Waals surface area contributed by atoms with E-state index in [1.54, 1.807) is 6.07 Å². The standard InChI is InChI=1S/C25H26N2O5/c28-22(26-21-13-7-6-10-18(21)17-8-2-1-3-9-17)16-32-23(29)14-15-27-24(30)19-11-4-5-12-20(19)25(27)31/h1-3,6-10,13,19-20H,4-5,11-12,14-16H2,(H,26,28)/t19-,20-/m0/s1. The molecule has 2 fully saturated rings. The molecule has 2 aromatic carbocycles. The lowest BCUT2D eigenvalue weighted by atomic mass is 9.81. The molecule has 2 atom stereocenters. The molecule has 0 radical (unpaired) electrons. The highest BCUT2D eigenvalue weighted by molar-refractivity contribution is 6.05. The average Bonchev–Trinajstić information content (AvgIpc) is 3.07. The van der Waals surface area contributed by atoms with Crippen molar-refractivity contribution < 1.29 is 23.9 Å². The molecule has 2 aliphatic rings. The third-order valence-corrected chi connectivity index (χ3v) is 6.12. The quantitative estimate of drug-likeness (QED) is 0.533. The number of esters is 1. The first-order valence-corrected chi connectivity index (χ1v) is 11.0. The second-order valence-electron chi connectivity index (χ2n) is 8.20. The summed E-state index contributed by atoms with van der Waals surface area (Å²) in [6, 6.07) is 17.0. The van der Waals surface area contributed by atoms with Crippen molar-refractivity contribution in [1.29, 1.82) is 0 Å². The molecule has 3 amide bonds. The van der Waals surface area contributed by atoms with Crippen LogP contribution >= 0.6 is 0 Å². The fraction of sp³-hybridized carbons (Fsp3) is 0.360. The Labute approximate surface area is 186 Å². The fourth-order valence-corrected chi connectivity index (χ4v) is 4.52. The Morgan fingerprint density at radius 2 is 1.53 bits per heavy atom. The van der Waals surface area contributed by atoms with Crippen molar-refractivity contribution >= 4 is 29.4 Å². The second-order valence-corrected chi connectivity index (χ2v) is 8.20. The molecule has 7 heteroatoms. The van der Waals surface area contributed by atoms with Crippen molar-refractivity contribution in [3.8, 4) is 11.1 Å². The fourth-order valence-electron chi connectivity index (χ4n) is 4.52. The van der Waals surface area contributed by atoms with E-state index in [2.05, 4.69) is 5.32 Å². The Morgan fingerprint density at radius 1 is 0.906 bits per heavy atom. The zero-order valence-electron chi connectivity index (χ0n) is 17.8. The Balaban J connectivity index is 1.27. The maximum absolute atomic E-state index is 12.5. The number of hydrogen-bond donors (Lipinski definition) is 1. The van der Waals surface area contributed by atoms with Gasteiger partial charge in [0.05, 0.1) is 18.3 Å². The number of amides is 3. The minimum Gasteiger partial charge on any atom is -0.456 e. The highest BCUT2D eigenvalue weighted by Crippen LogP contribution is 2.38. The van der Waals surface area contributed by atoms with E-state index in [0.717, 1.165) is 36.8 Å². The summed E-state index contributed by atoms with van der Waals surface area (Å²) in [5.74, 6) is -1.90. The number of nitrogens with one attached hydrogen (secondary N) is 1. The number of carbonyl (C=O) groups excluding carboxylic acids is 4. The first kappa shape index (κ1) is 21.7. The normalized spacial score (nSPS) is 20.1. The number of rotatable bonds is 7. The Kier molecular flexibility index (Phi) is 6.63. The van der Waals surface area contributed by atoms with Gasteiger partial charge in [-0.25, -0.2) is 0 Å².